The van der Waals surface area contributed by atoms with Crippen molar-refractivity contribution in [2.24, 2.45) is 5.10 Å². The van der Waals surface area contributed by atoms with Crippen molar-refractivity contribution in [2.45, 2.75) is 51.9 Å². The van der Waals surface area contributed by atoms with Crippen LogP contribution in [0.1, 0.15) is 57.4 Å². The molecule has 0 aliphatic heterocycles. The molecule has 0 amide bonds. The molecule has 3 rings (SSSR count). The van der Waals surface area contributed by atoms with Crippen LogP contribution in [0.4, 0.5) is 0 Å². The highest BCUT2D eigenvalue weighted by atomic mass is 32.1. The molecule has 3 aromatic rings. The molecule has 0 aliphatic rings. The highest BCUT2D eigenvalue weighted by molar-refractivity contribution is 7.71. The summed E-state index contributed by atoms with van der Waals surface area (Å²) >= 11 is 5.28. The van der Waals surface area contributed by atoms with Crippen molar-refractivity contribution in [3.8, 4) is 23.1 Å². The van der Waals surface area contributed by atoms with Gasteiger partial charge in [0.25, 0.3) is 0 Å². The highest BCUT2D eigenvalue weighted by Crippen LogP contribution is 2.28. The Morgan fingerprint density at radius 1 is 1.13 bits per heavy atom. The zero-order valence-corrected chi connectivity index (χ0v) is 19.0. The fourth-order valence-electron chi connectivity index (χ4n) is 3.21. The molecule has 166 valence electrons. The molecule has 31 heavy (non-hydrogen) atoms. The summed E-state index contributed by atoms with van der Waals surface area (Å²) in [6.07, 6.45) is 12.1. The highest BCUT2D eigenvalue weighted by Gasteiger charge is 2.11. The molecule has 0 radical (unpaired) electrons. The molecule has 0 atom stereocenters. The third kappa shape index (κ3) is 6.55. The summed E-state index contributed by atoms with van der Waals surface area (Å²) in [7, 11) is 1.64. The lowest BCUT2D eigenvalue weighted by molar-refractivity contribution is 0.284. The molecule has 0 bridgehead atoms. The monoisotopic (exact) mass is 442 g/mol. The molecule has 1 N–H and O–H groups in total. The van der Waals surface area contributed by atoms with Crippen molar-refractivity contribution in [3.05, 3.63) is 46.9 Å². The average Bonchev–Trinajstić information content (AvgIpc) is 3.44. The Bertz CT molecular complexity index is 1010. The van der Waals surface area contributed by atoms with Crippen molar-refractivity contribution in [3.63, 3.8) is 0 Å². The largest absolute Gasteiger partial charge is 0.493 e. The van der Waals surface area contributed by atoms with Gasteiger partial charge in [0.15, 0.2) is 17.3 Å². The molecular weight excluding hydrogens is 412 g/mol. The van der Waals surface area contributed by atoms with E-state index in [4.69, 9.17) is 26.1 Å². The summed E-state index contributed by atoms with van der Waals surface area (Å²) in [6, 6.07) is 9.32. The van der Waals surface area contributed by atoms with Crippen LogP contribution in [0.5, 0.6) is 11.5 Å². The molecule has 2 aromatic heterocycles. The van der Waals surface area contributed by atoms with Crippen molar-refractivity contribution < 1.29 is 13.9 Å². The van der Waals surface area contributed by atoms with Crippen LogP contribution in [-0.2, 0) is 0 Å². The maximum atomic E-state index is 5.93. The quantitative estimate of drug-likeness (QED) is 0.193. The summed E-state index contributed by atoms with van der Waals surface area (Å²) < 4.78 is 18.7. The average molecular weight is 443 g/mol. The predicted octanol–water partition coefficient (Wildman–Crippen LogP) is 6.22. The minimum Gasteiger partial charge on any atom is -0.493 e. The zero-order valence-electron chi connectivity index (χ0n) is 18.2. The van der Waals surface area contributed by atoms with Crippen molar-refractivity contribution in [2.75, 3.05) is 13.7 Å². The summed E-state index contributed by atoms with van der Waals surface area (Å²) in [5, 5.41) is 11.4. The number of H-pyrrole nitrogens is 1. The van der Waals surface area contributed by atoms with Gasteiger partial charge in [-0.3, -0.25) is 0 Å². The van der Waals surface area contributed by atoms with E-state index in [0.717, 1.165) is 17.7 Å². The summed E-state index contributed by atoms with van der Waals surface area (Å²) in [4.78, 5) is 0. The lowest BCUT2D eigenvalue weighted by Crippen LogP contribution is -2.00. The molecule has 2 heterocycles. The van der Waals surface area contributed by atoms with Crippen molar-refractivity contribution in [1.82, 2.24) is 14.9 Å². The fraction of sp³-hybridized carbons (Fsp3) is 0.435. The predicted molar refractivity (Wildman–Crippen MR) is 125 cm³/mol. The number of hydrogen-bond donors (Lipinski definition) is 1. The van der Waals surface area contributed by atoms with Gasteiger partial charge in [-0.05, 0) is 54.5 Å². The number of benzene rings is 1. The van der Waals surface area contributed by atoms with Gasteiger partial charge in [-0.25, -0.2) is 5.10 Å². The molecular formula is C23H30N4O3S. The van der Waals surface area contributed by atoms with E-state index in [2.05, 4.69) is 22.2 Å². The van der Waals surface area contributed by atoms with Crippen LogP contribution in [-0.4, -0.2) is 34.8 Å². The number of aromatic amines is 1. The molecule has 0 unspecified atom stereocenters. The van der Waals surface area contributed by atoms with E-state index >= 15 is 0 Å². The van der Waals surface area contributed by atoms with Crippen LogP contribution in [0.3, 0.4) is 0 Å². The van der Waals surface area contributed by atoms with Crippen LogP contribution >= 0.6 is 12.2 Å². The first-order valence-corrected chi connectivity index (χ1v) is 11.2. The van der Waals surface area contributed by atoms with Gasteiger partial charge in [0, 0.05) is 0 Å². The van der Waals surface area contributed by atoms with E-state index in [0.29, 0.717) is 28.7 Å². The normalized spacial score (nSPS) is 11.3. The Hall–Kier alpha value is -2.87. The lowest BCUT2D eigenvalue weighted by Gasteiger charge is -2.11. The number of nitrogens with one attached hydrogen (secondary N) is 1. The maximum absolute atomic E-state index is 5.93. The molecule has 0 saturated heterocycles. The third-order valence-corrected chi connectivity index (χ3v) is 5.17. The van der Waals surface area contributed by atoms with Crippen molar-refractivity contribution in [1.29, 1.82) is 0 Å². The van der Waals surface area contributed by atoms with Gasteiger partial charge in [-0.15, -0.1) is 5.10 Å². The van der Waals surface area contributed by atoms with Crippen LogP contribution < -0.4 is 9.47 Å². The smallest absolute Gasteiger partial charge is 0.219 e. The van der Waals surface area contributed by atoms with Gasteiger partial charge in [0.2, 0.25) is 10.6 Å². The van der Waals surface area contributed by atoms with Crippen LogP contribution in [0.2, 0.25) is 0 Å². The number of hydrogen-bond acceptors (Lipinski definition) is 6. The first-order valence-electron chi connectivity index (χ1n) is 10.8. The summed E-state index contributed by atoms with van der Waals surface area (Å²) in [5.74, 6) is 2.50. The van der Waals surface area contributed by atoms with Gasteiger partial charge in [-0.1, -0.05) is 45.4 Å². The van der Waals surface area contributed by atoms with Crippen LogP contribution in [0, 0.1) is 4.77 Å². The lowest BCUT2D eigenvalue weighted by atomic mass is 10.1. The number of nitrogens with zero attached hydrogens (tertiary/aromatic N) is 3. The molecule has 0 saturated carbocycles. The number of furan rings is 1. The van der Waals surface area contributed by atoms with E-state index in [1.165, 1.54) is 43.2 Å². The molecule has 8 heteroatoms. The Morgan fingerprint density at radius 3 is 2.68 bits per heavy atom. The van der Waals surface area contributed by atoms with Gasteiger partial charge >= 0.3 is 0 Å². The van der Waals surface area contributed by atoms with Crippen molar-refractivity contribution >= 4 is 18.4 Å². The second-order valence-corrected chi connectivity index (χ2v) is 7.65. The molecule has 0 fully saturated rings. The maximum Gasteiger partial charge on any atom is 0.219 e. The number of methoxy groups -OCH3 is 1. The summed E-state index contributed by atoms with van der Waals surface area (Å²) in [6.45, 7) is 2.93. The van der Waals surface area contributed by atoms with Gasteiger partial charge in [0.1, 0.15) is 0 Å². The van der Waals surface area contributed by atoms with E-state index < -0.39 is 0 Å². The fourth-order valence-corrected chi connectivity index (χ4v) is 3.39. The Balaban J connectivity index is 1.58. The minimum atomic E-state index is 0.379. The number of aromatic nitrogens is 3. The first kappa shape index (κ1) is 22.8. The third-order valence-electron chi connectivity index (χ3n) is 4.91. The Kier molecular flexibility index (Phi) is 8.90. The number of ether oxygens (including phenoxy) is 2. The van der Waals surface area contributed by atoms with E-state index in [-0.39, 0.29) is 0 Å². The second-order valence-electron chi connectivity index (χ2n) is 7.27. The first-order chi connectivity index (χ1) is 15.2. The minimum absolute atomic E-state index is 0.379. The van der Waals surface area contributed by atoms with Crippen LogP contribution in [0.25, 0.3) is 11.6 Å². The van der Waals surface area contributed by atoms with Crippen LogP contribution in [0.15, 0.2) is 46.1 Å². The molecule has 0 aliphatic carbocycles. The summed E-state index contributed by atoms with van der Waals surface area (Å²) in [5.41, 5.74) is 0.855. The van der Waals surface area contributed by atoms with E-state index in [1.54, 1.807) is 31.7 Å². The van der Waals surface area contributed by atoms with Gasteiger partial charge in [-0.2, -0.15) is 9.78 Å². The second kappa shape index (κ2) is 12.1. The molecule has 0 spiro atoms. The van der Waals surface area contributed by atoms with E-state index in [1.807, 2.05) is 18.2 Å². The van der Waals surface area contributed by atoms with Gasteiger partial charge in [0.05, 0.1) is 26.2 Å². The SMILES string of the molecule is CCCCCCCCCOc1ccc(/C=N\n2c(-c3ccco3)n[nH]c2=S)cc1OC. The zero-order chi connectivity index (χ0) is 21.9. The standard InChI is InChI=1S/C23H30N4O3S/c1-3-4-5-6-7-8-9-14-29-19-13-12-18(16-21(19)28-2)17-24-27-22(25-26-23(27)31)20-11-10-15-30-20/h10-13,15-17H,3-9,14H2,1-2H3,(H,26,31)/b24-17-. The number of unbranched alkanes of at least 4 members (excludes halogenated alkanes) is 6. The number of rotatable bonds is 13. The molecule has 7 nitrogen and oxygen atoms in total. The Morgan fingerprint density at radius 2 is 1.94 bits per heavy atom. The topological polar surface area (TPSA) is 77.6 Å². The van der Waals surface area contributed by atoms with Gasteiger partial charge < -0.3 is 13.9 Å². The Labute approximate surface area is 188 Å². The van der Waals surface area contributed by atoms with E-state index in [9.17, 15) is 0 Å². The molecule has 1 aromatic carbocycles.